The fourth-order valence-electron chi connectivity index (χ4n) is 2.90. The van der Waals surface area contributed by atoms with E-state index in [1.165, 1.54) is 6.42 Å². The smallest absolute Gasteiger partial charge is 0.124 e. The molecule has 116 valence electrons. The molecule has 1 saturated carbocycles. The first-order valence-corrected chi connectivity index (χ1v) is 8.00. The largest absolute Gasteiger partial charge is 0.496 e. The van der Waals surface area contributed by atoms with Gasteiger partial charge < -0.3 is 15.2 Å². The van der Waals surface area contributed by atoms with Crippen molar-refractivity contribution in [2.24, 2.45) is 17.6 Å². The molecule has 0 aliphatic heterocycles. The zero-order valence-electron chi connectivity index (χ0n) is 13.1. The van der Waals surface area contributed by atoms with Crippen LogP contribution in [-0.2, 0) is 11.3 Å². The number of ether oxygens (including phenoxy) is 2. The van der Waals surface area contributed by atoms with E-state index in [9.17, 15) is 0 Å². The predicted molar refractivity (Wildman–Crippen MR) is 89.6 cm³/mol. The van der Waals surface area contributed by atoms with Crippen LogP contribution in [0.15, 0.2) is 18.2 Å². The van der Waals surface area contributed by atoms with E-state index in [1.807, 2.05) is 18.2 Å². The van der Waals surface area contributed by atoms with Gasteiger partial charge in [0.1, 0.15) is 10.7 Å². The molecule has 1 aromatic carbocycles. The van der Waals surface area contributed by atoms with E-state index in [-0.39, 0.29) is 0 Å². The maximum absolute atomic E-state index is 6.10. The Balaban J connectivity index is 2.02. The molecule has 3 nitrogen and oxygen atoms in total. The molecule has 1 aliphatic carbocycles. The van der Waals surface area contributed by atoms with Gasteiger partial charge in [0, 0.05) is 11.1 Å². The molecule has 1 fully saturated rings. The third kappa shape index (κ3) is 4.17. The molecule has 3 atom stereocenters. The molecule has 0 bridgehead atoms. The second-order valence-corrected chi connectivity index (χ2v) is 6.53. The molecular weight excluding hydrogens is 282 g/mol. The van der Waals surface area contributed by atoms with Crippen LogP contribution in [0.2, 0.25) is 0 Å². The van der Waals surface area contributed by atoms with Crippen molar-refractivity contribution >= 4 is 17.2 Å². The molecule has 3 unspecified atom stereocenters. The van der Waals surface area contributed by atoms with Gasteiger partial charge in [0.05, 0.1) is 19.8 Å². The summed E-state index contributed by atoms with van der Waals surface area (Å²) in [5.41, 5.74) is 7.56. The number of methoxy groups -OCH3 is 1. The first-order valence-electron chi connectivity index (χ1n) is 7.59. The number of benzene rings is 1. The van der Waals surface area contributed by atoms with Crippen molar-refractivity contribution in [2.75, 3.05) is 7.11 Å². The molecule has 0 spiro atoms. The van der Waals surface area contributed by atoms with Crippen LogP contribution < -0.4 is 10.5 Å². The standard InChI is InChI=1S/C17H25NO2S/c1-11-4-6-15(8-12(11)2)20-10-14-9-13(17(18)21)5-7-16(14)19-3/h5,7,9,11-12,15H,4,6,8,10H2,1-3H3,(H2,18,21). The first kappa shape index (κ1) is 16.2. The van der Waals surface area contributed by atoms with Crippen molar-refractivity contribution in [2.45, 2.75) is 45.8 Å². The third-order valence-electron chi connectivity index (χ3n) is 4.59. The summed E-state index contributed by atoms with van der Waals surface area (Å²) in [6.45, 7) is 5.19. The van der Waals surface area contributed by atoms with Crippen LogP contribution in [0, 0.1) is 11.8 Å². The van der Waals surface area contributed by atoms with E-state index < -0.39 is 0 Å². The van der Waals surface area contributed by atoms with E-state index in [0.29, 0.717) is 17.7 Å². The molecule has 2 N–H and O–H groups in total. The summed E-state index contributed by atoms with van der Waals surface area (Å²) in [7, 11) is 1.67. The quantitative estimate of drug-likeness (QED) is 0.843. The second kappa shape index (κ2) is 7.23. The molecule has 0 radical (unpaired) electrons. The maximum atomic E-state index is 6.10. The van der Waals surface area contributed by atoms with E-state index >= 15 is 0 Å². The molecule has 2 rings (SSSR count). The van der Waals surface area contributed by atoms with Gasteiger partial charge in [-0.05, 0) is 49.3 Å². The van der Waals surface area contributed by atoms with Gasteiger partial charge in [0.25, 0.3) is 0 Å². The van der Waals surface area contributed by atoms with Crippen molar-refractivity contribution < 1.29 is 9.47 Å². The molecular formula is C17H25NO2S. The Hall–Kier alpha value is -1.13. The number of hydrogen-bond acceptors (Lipinski definition) is 3. The van der Waals surface area contributed by atoms with Gasteiger partial charge in [-0.3, -0.25) is 0 Å². The average Bonchev–Trinajstić information content (AvgIpc) is 2.48. The minimum atomic E-state index is 0.342. The highest BCUT2D eigenvalue weighted by atomic mass is 32.1. The van der Waals surface area contributed by atoms with Crippen molar-refractivity contribution in [3.05, 3.63) is 29.3 Å². The summed E-state index contributed by atoms with van der Waals surface area (Å²) in [6.07, 6.45) is 3.87. The molecule has 0 heterocycles. The monoisotopic (exact) mass is 307 g/mol. The van der Waals surface area contributed by atoms with E-state index in [0.717, 1.165) is 41.6 Å². The Labute approximate surface area is 132 Å². The van der Waals surface area contributed by atoms with Crippen LogP contribution in [0.25, 0.3) is 0 Å². The van der Waals surface area contributed by atoms with Crippen LogP contribution in [0.3, 0.4) is 0 Å². The van der Waals surface area contributed by atoms with Crippen molar-refractivity contribution in [1.29, 1.82) is 0 Å². The molecule has 0 saturated heterocycles. The predicted octanol–water partition coefficient (Wildman–Crippen LogP) is 3.67. The summed E-state index contributed by atoms with van der Waals surface area (Å²) < 4.78 is 11.5. The van der Waals surface area contributed by atoms with Gasteiger partial charge in [-0.15, -0.1) is 0 Å². The lowest BCUT2D eigenvalue weighted by atomic mass is 9.80. The number of rotatable bonds is 5. The van der Waals surface area contributed by atoms with Gasteiger partial charge in [-0.2, -0.15) is 0 Å². The minimum absolute atomic E-state index is 0.342. The van der Waals surface area contributed by atoms with E-state index in [2.05, 4.69) is 13.8 Å². The highest BCUT2D eigenvalue weighted by molar-refractivity contribution is 7.80. The normalized spacial score (nSPS) is 25.6. The zero-order valence-corrected chi connectivity index (χ0v) is 13.9. The van der Waals surface area contributed by atoms with Crippen LogP contribution in [0.4, 0.5) is 0 Å². The van der Waals surface area contributed by atoms with Crippen LogP contribution in [0.1, 0.15) is 44.2 Å². The topological polar surface area (TPSA) is 44.5 Å². The van der Waals surface area contributed by atoms with Crippen molar-refractivity contribution in [3.63, 3.8) is 0 Å². The number of nitrogens with two attached hydrogens (primary N) is 1. The fourth-order valence-corrected chi connectivity index (χ4v) is 3.03. The Kier molecular flexibility index (Phi) is 5.59. The Morgan fingerprint density at radius 3 is 2.67 bits per heavy atom. The lowest BCUT2D eigenvalue weighted by Gasteiger charge is -2.32. The lowest BCUT2D eigenvalue weighted by Crippen LogP contribution is -2.26. The summed E-state index contributed by atoms with van der Waals surface area (Å²) in [4.78, 5) is 0.402. The summed E-state index contributed by atoms with van der Waals surface area (Å²) in [5, 5.41) is 0. The first-order chi connectivity index (χ1) is 10.0. The van der Waals surface area contributed by atoms with E-state index in [1.54, 1.807) is 7.11 Å². The highest BCUT2D eigenvalue weighted by Gasteiger charge is 2.25. The summed E-state index contributed by atoms with van der Waals surface area (Å²) >= 11 is 5.04. The second-order valence-electron chi connectivity index (χ2n) is 6.09. The van der Waals surface area contributed by atoms with E-state index in [4.69, 9.17) is 27.4 Å². The fraction of sp³-hybridized carbons (Fsp3) is 0.588. The molecule has 21 heavy (non-hydrogen) atoms. The molecule has 1 aromatic rings. The zero-order chi connectivity index (χ0) is 15.4. The van der Waals surface area contributed by atoms with Crippen molar-refractivity contribution in [3.8, 4) is 5.75 Å². The number of hydrogen-bond donors (Lipinski definition) is 1. The highest BCUT2D eigenvalue weighted by Crippen LogP contribution is 2.32. The Bertz CT molecular complexity index is 504. The van der Waals surface area contributed by atoms with Gasteiger partial charge in [0.15, 0.2) is 0 Å². The van der Waals surface area contributed by atoms with Gasteiger partial charge in [-0.1, -0.05) is 26.1 Å². The minimum Gasteiger partial charge on any atom is -0.496 e. The SMILES string of the molecule is COc1ccc(C(N)=S)cc1COC1CCC(C)C(C)C1. The average molecular weight is 307 g/mol. The molecule has 0 aromatic heterocycles. The number of thiocarbonyl (C=S) groups is 1. The Morgan fingerprint density at radius 1 is 1.29 bits per heavy atom. The maximum Gasteiger partial charge on any atom is 0.124 e. The Morgan fingerprint density at radius 2 is 2.05 bits per heavy atom. The molecule has 1 aliphatic rings. The van der Waals surface area contributed by atoms with Gasteiger partial charge in [0.2, 0.25) is 0 Å². The van der Waals surface area contributed by atoms with Crippen LogP contribution in [0.5, 0.6) is 5.75 Å². The molecule has 0 amide bonds. The summed E-state index contributed by atoms with van der Waals surface area (Å²) in [5.74, 6) is 2.36. The third-order valence-corrected chi connectivity index (χ3v) is 4.83. The van der Waals surface area contributed by atoms with Gasteiger partial charge >= 0.3 is 0 Å². The van der Waals surface area contributed by atoms with Gasteiger partial charge in [-0.25, -0.2) is 0 Å². The summed E-state index contributed by atoms with van der Waals surface area (Å²) in [6, 6.07) is 5.75. The van der Waals surface area contributed by atoms with Crippen LogP contribution >= 0.6 is 12.2 Å². The molecule has 4 heteroatoms. The van der Waals surface area contributed by atoms with Crippen molar-refractivity contribution in [1.82, 2.24) is 0 Å². The lowest BCUT2D eigenvalue weighted by molar-refractivity contribution is -0.00807. The van der Waals surface area contributed by atoms with Crippen LogP contribution in [-0.4, -0.2) is 18.2 Å².